The summed E-state index contributed by atoms with van der Waals surface area (Å²) < 4.78 is 4.31. The summed E-state index contributed by atoms with van der Waals surface area (Å²) >= 11 is 22.6. The molecule has 3 rings (SSSR count). The number of thiol groups is 2. The van der Waals surface area contributed by atoms with Crippen LogP contribution in [0, 0.1) is 0 Å². The van der Waals surface area contributed by atoms with E-state index in [0.29, 0.717) is 9.16 Å². The minimum absolute atomic E-state index is 0.695. The van der Waals surface area contributed by atoms with Crippen molar-refractivity contribution < 1.29 is 0 Å². The first-order valence-corrected chi connectivity index (χ1v) is 15.6. The third-order valence-electron chi connectivity index (χ3n) is 3.33. The number of thiophene rings is 1. The highest BCUT2D eigenvalue weighted by Gasteiger charge is 2.18. The van der Waals surface area contributed by atoms with Gasteiger partial charge in [0.15, 0.2) is 0 Å². The van der Waals surface area contributed by atoms with Crippen molar-refractivity contribution in [3.63, 3.8) is 0 Å². The van der Waals surface area contributed by atoms with Crippen LogP contribution < -0.4 is 0 Å². The van der Waals surface area contributed by atoms with Crippen molar-refractivity contribution >= 4 is 107 Å². The standard InChI is InChI=1S/C16H20S9/c17-7-11-9-21-15(23-11)3-5-19-13-1-2-14(25-13)20-6-4-16-22-10-12(8-18)24-16/h1-2,9-10,15-18H,3-8H2. The minimum atomic E-state index is 0.695. The maximum Gasteiger partial charge on any atom is 0.0610 e. The van der Waals surface area contributed by atoms with Crippen molar-refractivity contribution in [2.24, 2.45) is 0 Å². The Hall–Kier alpha value is 1.98. The number of thioether (sulfide) groups is 6. The topological polar surface area (TPSA) is 0 Å². The summed E-state index contributed by atoms with van der Waals surface area (Å²) in [6, 6.07) is 4.59. The van der Waals surface area contributed by atoms with Gasteiger partial charge in [0.25, 0.3) is 0 Å². The number of hydrogen-bond acceptors (Lipinski definition) is 9. The molecule has 0 aromatic carbocycles. The quantitative estimate of drug-likeness (QED) is 0.246. The Morgan fingerprint density at radius 3 is 1.68 bits per heavy atom. The van der Waals surface area contributed by atoms with Crippen LogP contribution in [0.3, 0.4) is 0 Å². The molecule has 0 saturated heterocycles. The molecule has 0 bridgehead atoms. The Labute approximate surface area is 191 Å². The van der Waals surface area contributed by atoms with E-state index in [2.05, 4.69) is 48.2 Å². The first-order chi connectivity index (χ1) is 12.3. The van der Waals surface area contributed by atoms with Crippen molar-refractivity contribution in [3.05, 3.63) is 32.8 Å². The zero-order valence-corrected chi connectivity index (χ0v) is 21.0. The van der Waals surface area contributed by atoms with E-state index in [0.717, 1.165) is 11.5 Å². The smallest absolute Gasteiger partial charge is 0.0610 e. The van der Waals surface area contributed by atoms with Gasteiger partial charge >= 0.3 is 0 Å². The molecular weight excluding hydrogens is 481 g/mol. The van der Waals surface area contributed by atoms with Crippen molar-refractivity contribution in [2.45, 2.75) is 30.4 Å². The van der Waals surface area contributed by atoms with Gasteiger partial charge in [-0.25, -0.2) is 0 Å². The summed E-state index contributed by atoms with van der Waals surface area (Å²) in [6.45, 7) is 0. The van der Waals surface area contributed by atoms with Gasteiger partial charge in [0.1, 0.15) is 0 Å². The molecule has 3 heterocycles. The van der Waals surface area contributed by atoms with E-state index in [1.54, 1.807) is 0 Å². The Bertz CT molecular complexity index is 556. The van der Waals surface area contributed by atoms with Crippen LogP contribution >= 0.6 is 107 Å². The molecule has 138 valence electrons. The van der Waals surface area contributed by atoms with Crippen LogP contribution in [0.5, 0.6) is 0 Å². The SMILES string of the molecule is SCC1=CSC(CCSc2ccc(SCCC3SC=C(CS)S3)s2)S1. The maximum absolute atomic E-state index is 4.36. The van der Waals surface area contributed by atoms with Crippen molar-refractivity contribution in [1.82, 2.24) is 0 Å². The second-order valence-electron chi connectivity index (χ2n) is 5.20. The van der Waals surface area contributed by atoms with Gasteiger partial charge in [-0.15, -0.1) is 81.9 Å². The summed E-state index contributed by atoms with van der Waals surface area (Å²) in [7, 11) is 0. The van der Waals surface area contributed by atoms with Crippen LogP contribution in [0.4, 0.5) is 0 Å². The molecule has 9 heteroatoms. The van der Waals surface area contributed by atoms with E-state index in [1.165, 1.54) is 42.6 Å². The molecule has 0 aliphatic carbocycles. The largest absolute Gasteiger partial charge is 0.174 e. The van der Waals surface area contributed by atoms with Gasteiger partial charge in [-0.05, 0) is 35.8 Å². The lowest BCUT2D eigenvalue weighted by molar-refractivity contribution is 1.08. The highest BCUT2D eigenvalue weighted by molar-refractivity contribution is 8.23. The second kappa shape index (κ2) is 11.9. The highest BCUT2D eigenvalue weighted by Crippen LogP contribution is 2.44. The molecular formula is C16H20S9. The average molecular weight is 501 g/mol. The normalized spacial score (nSPS) is 23.1. The van der Waals surface area contributed by atoms with E-state index in [4.69, 9.17) is 0 Å². The lowest BCUT2D eigenvalue weighted by atomic mass is 10.6. The highest BCUT2D eigenvalue weighted by atomic mass is 32.2. The zero-order valence-electron chi connectivity index (χ0n) is 13.5. The molecule has 2 aliphatic rings. The van der Waals surface area contributed by atoms with Gasteiger partial charge in [-0.1, -0.05) is 0 Å². The molecule has 0 N–H and O–H groups in total. The Morgan fingerprint density at radius 2 is 1.28 bits per heavy atom. The molecule has 0 amide bonds. The summed E-state index contributed by atoms with van der Waals surface area (Å²) in [5.41, 5.74) is 0. The van der Waals surface area contributed by atoms with E-state index >= 15 is 0 Å². The zero-order chi connectivity index (χ0) is 17.5. The van der Waals surface area contributed by atoms with E-state index < -0.39 is 0 Å². The third kappa shape index (κ3) is 7.38. The van der Waals surface area contributed by atoms with Crippen LogP contribution in [0.1, 0.15) is 12.8 Å². The fourth-order valence-corrected chi connectivity index (χ4v) is 12.1. The number of rotatable bonds is 10. The Kier molecular flexibility index (Phi) is 10.3. The van der Waals surface area contributed by atoms with Crippen molar-refractivity contribution in [3.8, 4) is 0 Å². The third-order valence-corrected chi connectivity index (χ3v) is 13.6. The van der Waals surface area contributed by atoms with Gasteiger partial charge < -0.3 is 0 Å². The van der Waals surface area contributed by atoms with Gasteiger partial charge in [0.05, 0.1) is 17.6 Å². The van der Waals surface area contributed by atoms with Gasteiger partial charge in [0.2, 0.25) is 0 Å². The van der Waals surface area contributed by atoms with E-state index in [1.807, 2.05) is 81.9 Å². The van der Waals surface area contributed by atoms with Crippen LogP contribution in [-0.4, -0.2) is 32.2 Å². The molecule has 0 nitrogen and oxygen atoms in total. The predicted molar refractivity (Wildman–Crippen MR) is 137 cm³/mol. The molecule has 1 aromatic heterocycles. The maximum atomic E-state index is 4.36. The van der Waals surface area contributed by atoms with Crippen molar-refractivity contribution in [1.29, 1.82) is 0 Å². The van der Waals surface area contributed by atoms with Gasteiger partial charge in [-0.2, -0.15) is 25.3 Å². The fraction of sp³-hybridized carbons (Fsp3) is 0.500. The van der Waals surface area contributed by atoms with Gasteiger partial charge in [0, 0.05) is 32.8 Å². The first kappa shape index (κ1) is 21.7. The summed E-state index contributed by atoms with van der Waals surface area (Å²) in [5.74, 6) is 4.18. The molecule has 1 aromatic rings. The lowest BCUT2D eigenvalue weighted by Gasteiger charge is -2.07. The molecule has 2 unspecified atom stereocenters. The number of hydrogen-bond donors (Lipinski definition) is 2. The molecule has 0 radical (unpaired) electrons. The molecule has 25 heavy (non-hydrogen) atoms. The Balaban J connectivity index is 1.29. The summed E-state index contributed by atoms with van der Waals surface area (Å²) in [5, 5.41) is 4.56. The first-order valence-electron chi connectivity index (χ1n) is 7.86. The predicted octanol–water partition coefficient (Wildman–Crippen LogP) is 7.87. The average Bonchev–Trinajstić information content (AvgIpc) is 3.36. The van der Waals surface area contributed by atoms with Gasteiger partial charge in [-0.3, -0.25) is 0 Å². The molecule has 0 saturated carbocycles. The minimum Gasteiger partial charge on any atom is -0.174 e. The molecule has 2 atom stereocenters. The lowest BCUT2D eigenvalue weighted by Crippen LogP contribution is -1.94. The second-order valence-corrected chi connectivity index (χ2v) is 15.1. The van der Waals surface area contributed by atoms with Crippen LogP contribution in [0.2, 0.25) is 0 Å². The molecule has 0 fully saturated rings. The fourth-order valence-electron chi connectivity index (χ4n) is 2.13. The van der Waals surface area contributed by atoms with Crippen LogP contribution in [-0.2, 0) is 0 Å². The van der Waals surface area contributed by atoms with Crippen LogP contribution in [0.15, 0.2) is 41.2 Å². The molecule has 0 spiro atoms. The summed E-state index contributed by atoms with van der Waals surface area (Å²) in [6.07, 6.45) is 2.51. The van der Waals surface area contributed by atoms with E-state index in [-0.39, 0.29) is 0 Å². The molecule has 2 aliphatic heterocycles. The van der Waals surface area contributed by atoms with Crippen molar-refractivity contribution in [2.75, 3.05) is 23.0 Å². The monoisotopic (exact) mass is 500 g/mol. The Morgan fingerprint density at radius 1 is 0.800 bits per heavy atom. The summed E-state index contributed by atoms with van der Waals surface area (Å²) in [4.78, 5) is 2.85. The van der Waals surface area contributed by atoms with E-state index in [9.17, 15) is 0 Å². The van der Waals surface area contributed by atoms with Crippen LogP contribution in [0.25, 0.3) is 0 Å².